The highest BCUT2D eigenvalue weighted by atomic mass is 15.2. The van der Waals surface area contributed by atoms with Gasteiger partial charge in [0.05, 0.1) is 5.54 Å². The van der Waals surface area contributed by atoms with Gasteiger partial charge in [0, 0.05) is 22.7 Å². The van der Waals surface area contributed by atoms with Crippen LogP contribution < -0.4 is 4.90 Å². The molecule has 2 atom stereocenters. The molecule has 4 aliphatic rings. The average molecular weight is 406 g/mol. The monoisotopic (exact) mass is 405 g/mol. The van der Waals surface area contributed by atoms with E-state index in [4.69, 9.17) is 0 Å². The second kappa shape index (κ2) is 6.13. The minimum atomic E-state index is -0.0111. The van der Waals surface area contributed by atoms with Crippen LogP contribution in [0.25, 0.3) is 11.1 Å². The van der Waals surface area contributed by atoms with Crippen LogP contribution in [0.5, 0.6) is 0 Å². The molecule has 0 N–H and O–H groups in total. The summed E-state index contributed by atoms with van der Waals surface area (Å²) >= 11 is 0. The summed E-state index contributed by atoms with van der Waals surface area (Å²) in [5.41, 5.74) is 12.8. The Kier molecular flexibility index (Phi) is 3.74. The molecule has 0 saturated carbocycles. The van der Waals surface area contributed by atoms with Gasteiger partial charge in [-0.25, -0.2) is 0 Å². The highest BCUT2D eigenvalue weighted by Gasteiger charge is 2.48. The van der Waals surface area contributed by atoms with E-state index >= 15 is 0 Å². The number of allylic oxidation sites excluding steroid dienone is 5. The third-order valence-electron chi connectivity index (χ3n) is 8.11. The molecule has 3 aliphatic carbocycles. The van der Waals surface area contributed by atoms with E-state index in [0.717, 1.165) is 12.8 Å². The van der Waals surface area contributed by atoms with Gasteiger partial charge in [0.25, 0.3) is 0 Å². The summed E-state index contributed by atoms with van der Waals surface area (Å²) < 4.78 is 0. The van der Waals surface area contributed by atoms with Crippen molar-refractivity contribution in [2.75, 3.05) is 4.90 Å². The van der Waals surface area contributed by atoms with Crippen molar-refractivity contribution in [2.45, 2.75) is 58.4 Å². The van der Waals surface area contributed by atoms with E-state index in [2.05, 4.69) is 106 Å². The van der Waals surface area contributed by atoms with E-state index in [1.807, 2.05) is 0 Å². The smallest absolute Gasteiger partial charge is 0.0712 e. The van der Waals surface area contributed by atoms with E-state index in [9.17, 15) is 0 Å². The molecule has 6 rings (SSSR count). The lowest BCUT2D eigenvalue weighted by Crippen LogP contribution is -2.44. The first kappa shape index (κ1) is 18.9. The molecule has 0 fully saturated rings. The summed E-state index contributed by atoms with van der Waals surface area (Å²) in [5.74, 6) is 0.532. The molecule has 1 aliphatic heterocycles. The molecular formula is C30H31N. The van der Waals surface area contributed by atoms with Gasteiger partial charge >= 0.3 is 0 Å². The van der Waals surface area contributed by atoms with Gasteiger partial charge in [-0.15, -0.1) is 0 Å². The van der Waals surface area contributed by atoms with Crippen LogP contribution in [0.2, 0.25) is 0 Å². The van der Waals surface area contributed by atoms with Crippen molar-refractivity contribution in [1.29, 1.82) is 0 Å². The molecule has 156 valence electrons. The van der Waals surface area contributed by atoms with Crippen LogP contribution in [0.15, 0.2) is 83.6 Å². The summed E-state index contributed by atoms with van der Waals surface area (Å²) in [5, 5.41) is 0. The molecule has 0 amide bonds. The standard InChI is InChI=1S/C30H31N/c1-19-12-14-22-23-15-13-21(18-27(23)29(3,4)26(22)17-19)31-28-20(2)9-8-10-24(28)25-11-6-7-16-30(25,31)5/h6-8,10-15,17-18,20H,9,16H2,1-5H3. The predicted octanol–water partition coefficient (Wildman–Crippen LogP) is 7.62. The molecule has 31 heavy (non-hydrogen) atoms. The molecule has 2 aromatic carbocycles. The number of fused-ring (bicyclic) bond motifs is 5. The molecule has 1 heterocycles. The maximum Gasteiger partial charge on any atom is 0.0712 e. The van der Waals surface area contributed by atoms with E-state index in [1.54, 1.807) is 0 Å². The maximum absolute atomic E-state index is 2.68. The average Bonchev–Trinajstić information content (AvgIpc) is 3.14. The van der Waals surface area contributed by atoms with Gasteiger partial charge in [0.15, 0.2) is 0 Å². The van der Waals surface area contributed by atoms with Crippen LogP contribution in [-0.2, 0) is 5.41 Å². The van der Waals surface area contributed by atoms with Crippen LogP contribution in [0.1, 0.15) is 57.2 Å². The molecule has 0 spiro atoms. The van der Waals surface area contributed by atoms with Gasteiger partial charge in [0.1, 0.15) is 0 Å². The fraction of sp³-hybridized carbons (Fsp3) is 0.333. The highest BCUT2D eigenvalue weighted by Crippen LogP contribution is 2.55. The Morgan fingerprint density at radius 1 is 0.935 bits per heavy atom. The fourth-order valence-corrected chi connectivity index (χ4v) is 6.43. The van der Waals surface area contributed by atoms with Gasteiger partial charge in [-0.05, 0) is 72.2 Å². The lowest BCUT2D eigenvalue weighted by atomic mass is 9.81. The lowest BCUT2D eigenvalue weighted by molar-refractivity contribution is 0.523. The molecule has 0 radical (unpaired) electrons. The Hall–Kier alpha value is -2.80. The third-order valence-corrected chi connectivity index (χ3v) is 8.11. The van der Waals surface area contributed by atoms with Crippen molar-refractivity contribution in [3.63, 3.8) is 0 Å². The second-order valence-electron chi connectivity index (χ2n) is 10.6. The van der Waals surface area contributed by atoms with Crippen LogP contribution >= 0.6 is 0 Å². The minimum Gasteiger partial charge on any atom is -0.334 e. The number of anilines is 1. The van der Waals surface area contributed by atoms with Crippen LogP contribution in [0, 0.1) is 12.8 Å². The second-order valence-corrected chi connectivity index (χ2v) is 10.6. The zero-order chi connectivity index (χ0) is 21.5. The third kappa shape index (κ3) is 2.38. The highest BCUT2D eigenvalue weighted by molar-refractivity contribution is 5.84. The normalized spacial score (nSPS) is 27.1. The number of benzene rings is 2. The van der Waals surface area contributed by atoms with Crippen LogP contribution in [0.3, 0.4) is 0 Å². The van der Waals surface area contributed by atoms with Gasteiger partial charge in [-0.2, -0.15) is 0 Å². The SMILES string of the molecule is Cc1ccc2c(c1)C(C)(C)c1cc(N3C4=C(C=CCC4C)C4=CC=CCC43C)ccc1-2. The minimum absolute atomic E-state index is 0.0111. The van der Waals surface area contributed by atoms with E-state index in [-0.39, 0.29) is 11.0 Å². The van der Waals surface area contributed by atoms with E-state index in [1.165, 1.54) is 50.3 Å². The first-order chi connectivity index (χ1) is 14.8. The van der Waals surface area contributed by atoms with Crippen molar-refractivity contribution in [2.24, 2.45) is 5.92 Å². The topological polar surface area (TPSA) is 3.24 Å². The molecule has 0 bridgehead atoms. The van der Waals surface area contributed by atoms with Crippen molar-refractivity contribution in [1.82, 2.24) is 0 Å². The fourth-order valence-electron chi connectivity index (χ4n) is 6.43. The first-order valence-corrected chi connectivity index (χ1v) is 11.7. The Balaban J connectivity index is 1.55. The maximum atomic E-state index is 2.68. The number of nitrogens with zero attached hydrogens (tertiary/aromatic N) is 1. The molecular weight excluding hydrogens is 374 g/mol. The van der Waals surface area contributed by atoms with Gasteiger partial charge < -0.3 is 4.90 Å². The lowest BCUT2D eigenvalue weighted by Gasteiger charge is -2.42. The molecule has 0 saturated heterocycles. The number of hydrogen-bond donors (Lipinski definition) is 0. The Morgan fingerprint density at radius 2 is 1.68 bits per heavy atom. The molecule has 1 nitrogen and oxygen atoms in total. The number of rotatable bonds is 1. The molecule has 1 heteroatoms. The van der Waals surface area contributed by atoms with E-state index in [0.29, 0.717) is 5.92 Å². The summed E-state index contributed by atoms with van der Waals surface area (Å²) in [7, 11) is 0. The van der Waals surface area contributed by atoms with Crippen LogP contribution in [-0.4, -0.2) is 5.54 Å². The first-order valence-electron chi connectivity index (χ1n) is 11.7. The molecule has 2 unspecified atom stereocenters. The Labute approximate surface area is 186 Å². The van der Waals surface area contributed by atoms with Gasteiger partial charge in [-0.3, -0.25) is 0 Å². The van der Waals surface area contributed by atoms with Gasteiger partial charge in [0.2, 0.25) is 0 Å². The Morgan fingerprint density at radius 3 is 2.48 bits per heavy atom. The zero-order valence-corrected chi connectivity index (χ0v) is 19.3. The summed E-state index contributed by atoms with van der Waals surface area (Å²) in [6.07, 6.45) is 13.8. The number of hydrogen-bond acceptors (Lipinski definition) is 1. The number of aryl methyl sites for hydroxylation is 1. The van der Waals surface area contributed by atoms with Gasteiger partial charge in [-0.1, -0.05) is 81.0 Å². The summed E-state index contributed by atoms with van der Waals surface area (Å²) in [4.78, 5) is 2.68. The largest absolute Gasteiger partial charge is 0.334 e. The molecule has 2 aromatic rings. The van der Waals surface area contributed by atoms with Crippen LogP contribution in [0.4, 0.5) is 5.69 Å². The summed E-state index contributed by atoms with van der Waals surface area (Å²) in [6.45, 7) is 11.8. The van der Waals surface area contributed by atoms with Crippen molar-refractivity contribution in [3.8, 4) is 11.1 Å². The zero-order valence-electron chi connectivity index (χ0n) is 19.3. The quantitative estimate of drug-likeness (QED) is 0.472. The van der Waals surface area contributed by atoms with Crippen molar-refractivity contribution in [3.05, 3.63) is 100 Å². The predicted molar refractivity (Wildman–Crippen MR) is 131 cm³/mol. The molecule has 0 aromatic heterocycles. The summed E-state index contributed by atoms with van der Waals surface area (Å²) in [6, 6.07) is 14.2. The van der Waals surface area contributed by atoms with E-state index < -0.39 is 0 Å². The van der Waals surface area contributed by atoms with Crippen molar-refractivity contribution < 1.29 is 0 Å². The Bertz CT molecular complexity index is 1250. The van der Waals surface area contributed by atoms with Crippen molar-refractivity contribution >= 4 is 5.69 Å².